The maximum Gasteiger partial charge on any atom is 0.111 e. The number of ether oxygens (including phenoxy) is 1. The largest absolute Gasteiger partial charge is 0.369 e. The summed E-state index contributed by atoms with van der Waals surface area (Å²) in [7, 11) is 0. The number of hydrogen-bond acceptors (Lipinski definition) is 3. The van der Waals surface area contributed by atoms with Gasteiger partial charge >= 0.3 is 0 Å². The van der Waals surface area contributed by atoms with Gasteiger partial charge in [-0.1, -0.05) is 38.1 Å². The molecule has 21 heavy (non-hydrogen) atoms. The summed E-state index contributed by atoms with van der Waals surface area (Å²) in [6.45, 7) is 7.83. The molecule has 1 saturated heterocycles. The molecule has 0 saturated carbocycles. The van der Waals surface area contributed by atoms with Gasteiger partial charge in [0.05, 0.1) is 24.8 Å². The second kappa shape index (κ2) is 6.41. The van der Waals surface area contributed by atoms with E-state index in [4.69, 9.17) is 4.74 Å². The number of hydrogen-bond donors (Lipinski definition) is 1. The lowest BCUT2D eigenvalue weighted by atomic mass is 10.0. The van der Waals surface area contributed by atoms with Gasteiger partial charge in [0, 0.05) is 19.6 Å². The molecule has 112 valence electrons. The Morgan fingerprint density at radius 2 is 2.14 bits per heavy atom. The predicted molar refractivity (Wildman–Crippen MR) is 83.4 cm³/mol. The predicted octanol–water partition coefficient (Wildman–Crippen LogP) is 2.72. The summed E-state index contributed by atoms with van der Waals surface area (Å²) in [6.07, 6.45) is 3.92. The summed E-state index contributed by atoms with van der Waals surface area (Å²) >= 11 is 0. The normalized spacial score (nSPS) is 19.1. The molecule has 0 spiro atoms. The van der Waals surface area contributed by atoms with Gasteiger partial charge in [-0.2, -0.15) is 0 Å². The van der Waals surface area contributed by atoms with Crippen LogP contribution in [0.5, 0.6) is 0 Å². The average molecular weight is 285 g/mol. The number of benzene rings is 1. The van der Waals surface area contributed by atoms with Crippen LogP contribution >= 0.6 is 0 Å². The molecule has 0 bridgehead atoms. The molecule has 0 amide bonds. The fraction of sp³-hybridized carbons (Fsp3) is 0.471. The van der Waals surface area contributed by atoms with E-state index in [1.54, 1.807) is 0 Å². The van der Waals surface area contributed by atoms with Gasteiger partial charge in [0.2, 0.25) is 0 Å². The molecule has 2 aromatic rings. The first kappa shape index (κ1) is 14.3. The Labute approximate surface area is 126 Å². The van der Waals surface area contributed by atoms with Crippen molar-refractivity contribution in [2.75, 3.05) is 19.7 Å². The standard InChI is InChI=1S/C17H23N3O/c1-13(2)15-5-3-14(4-6-15)11-20-12-19-9-16(20)17-10-18-7-8-21-17/h3-6,9,12-13,17-18H,7-8,10-11H2,1-2H3. The third-order valence-electron chi connectivity index (χ3n) is 4.00. The zero-order valence-corrected chi connectivity index (χ0v) is 12.7. The van der Waals surface area contributed by atoms with Crippen molar-refractivity contribution in [2.24, 2.45) is 0 Å². The molecule has 4 heteroatoms. The van der Waals surface area contributed by atoms with Crippen LogP contribution in [0.25, 0.3) is 0 Å². The van der Waals surface area contributed by atoms with Crippen molar-refractivity contribution in [2.45, 2.75) is 32.4 Å². The lowest BCUT2D eigenvalue weighted by Crippen LogP contribution is -2.34. The Bertz CT molecular complexity index is 568. The van der Waals surface area contributed by atoms with Gasteiger partial charge in [0.1, 0.15) is 6.10 Å². The maximum absolute atomic E-state index is 5.83. The van der Waals surface area contributed by atoms with Gasteiger partial charge < -0.3 is 14.6 Å². The molecule has 3 rings (SSSR count). The Morgan fingerprint density at radius 3 is 2.81 bits per heavy atom. The topological polar surface area (TPSA) is 39.1 Å². The molecule has 1 unspecified atom stereocenters. The summed E-state index contributed by atoms with van der Waals surface area (Å²) in [5.41, 5.74) is 3.82. The van der Waals surface area contributed by atoms with Crippen molar-refractivity contribution >= 4 is 0 Å². The third kappa shape index (κ3) is 3.34. The minimum Gasteiger partial charge on any atom is -0.369 e. The van der Waals surface area contributed by atoms with Crippen LogP contribution < -0.4 is 5.32 Å². The van der Waals surface area contributed by atoms with E-state index in [1.807, 2.05) is 12.5 Å². The van der Waals surface area contributed by atoms with Crippen molar-refractivity contribution in [3.63, 3.8) is 0 Å². The van der Waals surface area contributed by atoms with E-state index in [2.05, 4.69) is 53.0 Å². The van der Waals surface area contributed by atoms with Crippen molar-refractivity contribution in [3.8, 4) is 0 Å². The molecule has 0 aliphatic carbocycles. The first-order valence-corrected chi connectivity index (χ1v) is 7.65. The zero-order valence-electron chi connectivity index (χ0n) is 12.7. The second-order valence-electron chi connectivity index (χ2n) is 5.91. The molecule has 1 aromatic carbocycles. The summed E-state index contributed by atoms with van der Waals surface area (Å²) in [6, 6.07) is 8.85. The number of nitrogens with one attached hydrogen (secondary N) is 1. The van der Waals surface area contributed by atoms with Crippen LogP contribution in [-0.4, -0.2) is 29.2 Å². The molecule has 2 heterocycles. The molecule has 1 fully saturated rings. The molecular weight excluding hydrogens is 262 g/mol. The number of nitrogens with zero attached hydrogens (tertiary/aromatic N) is 2. The van der Waals surface area contributed by atoms with Crippen LogP contribution in [0.15, 0.2) is 36.8 Å². The summed E-state index contributed by atoms with van der Waals surface area (Å²) in [4.78, 5) is 4.29. The lowest BCUT2D eigenvalue weighted by molar-refractivity contribution is 0.0230. The van der Waals surface area contributed by atoms with E-state index in [-0.39, 0.29) is 6.10 Å². The number of rotatable bonds is 4. The second-order valence-corrected chi connectivity index (χ2v) is 5.91. The molecule has 1 atom stereocenters. The van der Waals surface area contributed by atoms with Crippen molar-refractivity contribution in [1.29, 1.82) is 0 Å². The van der Waals surface area contributed by atoms with E-state index in [0.29, 0.717) is 5.92 Å². The fourth-order valence-electron chi connectivity index (χ4n) is 2.69. The van der Waals surface area contributed by atoms with Crippen LogP contribution in [0.1, 0.15) is 42.7 Å². The highest BCUT2D eigenvalue weighted by Crippen LogP contribution is 2.20. The first-order valence-electron chi connectivity index (χ1n) is 7.65. The van der Waals surface area contributed by atoms with Gasteiger partial charge in [-0.15, -0.1) is 0 Å². The summed E-state index contributed by atoms with van der Waals surface area (Å²) in [5.74, 6) is 0.574. The van der Waals surface area contributed by atoms with E-state index >= 15 is 0 Å². The van der Waals surface area contributed by atoms with Crippen LogP contribution in [0, 0.1) is 0 Å². The SMILES string of the molecule is CC(C)c1ccc(Cn2cncc2C2CNCCO2)cc1. The summed E-state index contributed by atoms with van der Waals surface area (Å²) in [5, 5.41) is 3.37. The first-order chi connectivity index (χ1) is 10.2. The quantitative estimate of drug-likeness (QED) is 0.939. The van der Waals surface area contributed by atoms with E-state index in [1.165, 1.54) is 11.1 Å². The van der Waals surface area contributed by atoms with E-state index in [0.717, 1.165) is 31.9 Å². The minimum atomic E-state index is 0.108. The average Bonchev–Trinajstić information content (AvgIpc) is 2.97. The highest BCUT2D eigenvalue weighted by atomic mass is 16.5. The highest BCUT2D eigenvalue weighted by Gasteiger charge is 2.19. The maximum atomic E-state index is 5.83. The van der Waals surface area contributed by atoms with Crippen LogP contribution in [0.4, 0.5) is 0 Å². The van der Waals surface area contributed by atoms with Crippen molar-refractivity contribution in [3.05, 3.63) is 53.6 Å². The van der Waals surface area contributed by atoms with Gasteiger partial charge in [0.15, 0.2) is 0 Å². The third-order valence-corrected chi connectivity index (χ3v) is 4.00. The van der Waals surface area contributed by atoms with Crippen LogP contribution in [0.3, 0.4) is 0 Å². The molecule has 1 aliphatic rings. The van der Waals surface area contributed by atoms with Gasteiger partial charge in [-0.05, 0) is 17.0 Å². The van der Waals surface area contributed by atoms with Gasteiger partial charge in [-0.3, -0.25) is 0 Å². The fourth-order valence-corrected chi connectivity index (χ4v) is 2.69. The van der Waals surface area contributed by atoms with Crippen molar-refractivity contribution < 1.29 is 4.74 Å². The minimum absolute atomic E-state index is 0.108. The number of morpholine rings is 1. The Balaban J connectivity index is 1.74. The molecular formula is C17H23N3O. The highest BCUT2D eigenvalue weighted by molar-refractivity contribution is 5.25. The molecule has 0 radical (unpaired) electrons. The van der Waals surface area contributed by atoms with E-state index < -0.39 is 0 Å². The number of aromatic nitrogens is 2. The zero-order chi connectivity index (χ0) is 14.7. The van der Waals surface area contributed by atoms with E-state index in [9.17, 15) is 0 Å². The Hall–Kier alpha value is -1.65. The monoisotopic (exact) mass is 285 g/mol. The number of imidazole rings is 1. The van der Waals surface area contributed by atoms with Gasteiger partial charge in [0.25, 0.3) is 0 Å². The summed E-state index contributed by atoms with van der Waals surface area (Å²) < 4.78 is 8.01. The smallest absolute Gasteiger partial charge is 0.111 e. The Kier molecular flexibility index (Phi) is 4.36. The Morgan fingerprint density at radius 1 is 1.33 bits per heavy atom. The molecule has 1 aromatic heterocycles. The molecule has 1 aliphatic heterocycles. The van der Waals surface area contributed by atoms with Crippen LogP contribution in [-0.2, 0) is 11.3 Å². The molecule has 4 nitrogen and oxygen atoms in total. The van der Waals surface area contributed by atoms with Crippen molar-refractivity contribution in [1.82, 2.24) is 14.9 Å². The van der Waals surface area contributed by atoms with Gasteiger partial charge in [-0.25, -0.2) is 4.98 Å². The van der Waals surface area contributed by atoms with Crippen LogP contribution in [0.2, 0.25) is 0 Å². The lowest BCUT2D eigenvalue weighted by Gasteiger charge is -2.24. The molecule has 1 N–H and O–H groups in total.